The Bertz CT molecular complexity index is 743. The van der Waals surface area contributed by atoms with Crippen LogP contribution in [0.1, 0.15) is 29.3 Å². The van der Waals surface area contributed by atoms with Crippen molar-refractivity contribution in [3.63, 3.8) is 0 Å². The van der Waals surface area contributed by atoms with Crippen LogP contribution in [0.25, 0.3) is 0 Å². The van der Waals surface area contributed by atoms with Crippen molar-refractivity contribution in [1.29, 1.82) is 0 Å². The predicted molar refractivity (Wildman–Crippen MR) is 101 cm³/mol. The Balaban J connectivity index is 1.76. The Morgan fingerprint density at radius 1 is 0.846 bits per heavy atom. The Morgan fingerprint density at radius 3 is 2.15 bits per heavy atom. The molecule has 0 saturated heterocycles. The van der Waals surface area contributed by atoms with E-state index in [0.717, 1.165) is 5.56 Å². The van der Waals surface area contributed by atoms with Crippen molar-refractivity contribution >= 4 is 23.4 Å². The van der Waals surface area contributed by atoms with Crippen LogP contribution in [0.4, 0.5) is 5.69 Å². The van der Waals surface area contributed by atoms with Gasteiger partial charge in [-0.25, -0.2) is 0 Å². The fourth-order valence-electron chi connectivity index (χ4n) is 2.35. The number of nitrogens with one attached hydrogen (secondary N) is 3. The third kappa shape index (κ3) is 6.76. The number of carbonyl (C=O) groups is 3. The second-order valence-corrected chi connectivity index (χ2v) is 5.85. The molecule has 0 spiro atoms. The van der Waals surface area contributed by atoms with Gasteiger partial charge in [0.25, 0.3) is 5.91 Å². The first kappa shape index (κ1) is 19.2. The van der Waals surface area contributed by atoms with Crippen LogP contribution in [0.5, 0.6) is 0 Å². The number of carbonyl (C=O) groups excluding carboxylic acids is 3. The number of anilines is 1. The number of amides is 3. The first-order valence-corrected chi connectivity index (χ1v) is 8.51. The Hall–Kier alpha value is -3.15. The highest BCUT2D eigenvalue weighted by atomic mass is 16.2. The van der Waals surface area contributed by atoms with Crippen LogP contribution in [-0.2, 0) is 16.0 Å². The molecule has 6 nitrogen and oxygen atoms in total. The SMILES string of the molecule is CC(=O)NCCNC(=O)c1ccc(NC(=O)CCc2ccccc2)cc1. The Kier molecular flexibility index (Phi) is 7.36. The molecule has 3 amide bonds. The van der Waals surface area contributed by atoms with E-state index in [4.69, 9.17) is 0 Å². The lowest BCUT2D eigenvalue weighted by molar-refractivity contribution is -0.119. The van der Waals surface area contributed by atoms with Gasteiger partial charge in [-0.3, -0.25) is 14.4 Å². The summed E-state index contributed by atoms with van der Waals surface area (Å²) in [5.41, 5.74) is 2.27. The van der Waals surface area contributed by atoms with Gasteiger partial charge in [0.1, 0.15) is 0 Å². The molecule has 0 radical (unpaired) electrons. The van der Waals surface area contributed by atoms with E-state index in [9.17, 15) is 14.4 Å². The minimum absolute atomic E-state index is 0.0682. The normalized spacial score (nSPS) is 10.0. The summed E-state index contributed by atoms with van der Waals surface area (Å²) in [7, 11) is 0. The minimum atomic E-state index is -0.225. The molecule has 0 saturated carbocycles. The molecule has 0 bridgehead atoms. The third-order valence-corrected chi connectivity index (χ3v) is 3.70. The summed E-state index contributed by atoms with van der Waals surface area (Å²) in [4.78, 5) is 34.7. The lowest BCUT2D eigenvalue weighted by atomic mass is 10.1. The molecule has 3 N–H and O–H groups in total. The van der Waals surface area contributed by atoms with Crippen LogP contribution in [-0.4, -0.2) is 30.8 Å². The van der Waals surface area contributed by atoms with Gasteiger partial charge in [-0.05, 0) is 36.2 Å². The van der Waals surface area contributed by atoms with Crippen molar-refractivity contribution in [2.45, 2.75) is 19.8 Å². The highest BCUT2D eigenvalue weighted by molar-refractivity contribution is 5.95. The summed E-state index contributed by atoms with van der Waals surface area (Å²) < 4.78 is 0. The van der Waals surface area contributed by atoms with Gasteiger partial charge in [0, 0.05) is 37.7 Å². The maximum absolute atomic E-state index is 12.0. The van der Waals surface area contributed by atoms with Gasteiger partial charge in [-0.1, -0.05) is 30.3 Å². The second-order valence-electron chi connectivity index (χ2n) is 5.85. The van der Waals surface area contributed by atoms with E-state index in [0.29, 0.717) is 37.2 Å². The number of aryl methyl sites for hydroxylation is 1. The monoisotopic (exact) mass is 353 g/mol. The van der Waals surface area contributed by atoms with E-state index < -0.39 is 0 Å². The molecule has 0 atom stereocenters. The maximum Gasteiger partial charge on any atom is 0.251 e. The molecule has 6 heteroatoms. The zero-order valence-electron chi connectivity index (χ0n) is 14.7. The second kappa shape index (κ2) is 9.98. The molecule has 0 aromatic heterocycles. The highest BCUT2D eigenvalue weighted by Crippen LogP contribution is 2.11. The topological polar surface area (TPSA) is 87.3 Å². The van der Waals surface area contributed by atoms with Crippen molar-refractivity contribution in [2.75, 3.05) is 18.4 Å². The van der Waals surface area contributed by atoms with Gasteiger partial charge in [-0.2, -0.15) is 0 Å². The molecule has 136 valence electrons. The van der Waals surface area contributed by atoms with Crippen molar-refractivity contribution in [2.24, 2.45) is 0 Å². The standard InChI is InChI=1S/C20H23N3O3/c1-15(24)21-13-14-22-20(26)17-8-10-18(11-9-17)23-19(25)12-7-16-5-3-2-4-6-16/h2-6,8-11H,7,12-14H2,1H3,(H,21,24)(H,22,26)(H,23,25). The number of benzene rings is 2. The molecule has 0 heterocycles. The summed E-state index contributed by atoms with van der Waals surface area (Å²) >= 11 is 0. The van der Waals surface area contributed by atoms with Gasteiger partial charge in [-0.15, -0.1) is 0 Å². The molecule has 26 heavy (non-hydrogen) atoms. The Labute approximate surface area is 153 Å². The van der Waals surface area contributed by atoms with Gasteiger partial charge < -0.3 is 16.0 Å². The van der Waals surface area contributed by atoms with E-state index in [-0.39, 0.29) is 17.7 Å². The first-order valence-electron chi connectivity index (χ1n) is 8.51. The summed E-state index contributed by atoms with van der Waals surface area (Å²) in [6, 6.07) is 16.5. The zero-order valence-corrected chi connectivity index (χ0v) is 14.7. The molecule has 2 aromatic rings. The van der Waals surface area contributed by atoms with Gasteiger partial charge >= 0.3 is 0 Å². The quantitative estimate of drug-likeness (QED) is 0.635. The lowest BCUT2D eigenvalue weighted by Gasteiger charge is -2.08. The molecular weight excluding hydrogens is 330 g/mol. The van der Waals surface area contributed by atoms with E-state index >= 15 is 0 Å². The van der Waals surface area contributed by atoms with Crippen LogP contribution in [0, 0.1) is 0 Å². The Morgan fingerprint density at radius 2 is 1.50 bits per heavy atom. The smallest absolute Gasteiger partial charge is 0.251 e. The molecule has 0 fully saturated rings. The number of hydrogen-bond donors (Lipinski definition) is 3. The predicted octanol–water partition coefficient (Wildman–Crippen LogP) is 2.12. The summed E-state index contributed by atoms with van der Waals surface area (Å²) in [5, 5.41) is 8.14. The molecule has 2 aromatic carbocycles. The van der Waals surface area contributed by atoms with Crippen LogP contribution in [0.2, 0.25) is 0 Å². The number of hydrogen-bond acceptors (Lipinski definition) is 3. The average molecular weight is 353 g/mol. The summed E-state index contributed by atoms with van der Waals surface area (Å²) in [5.74, 6) is -0.426. The van der Waals surface area contributed by atoms with E-state index in [2.05, 4.69) is 16.0 Å². The largest absolute Gasteiger partial charge is 0.355 e. The van der Waals surface area contributed by atoms with Crippen LogP contribution < -0.4 is 16.0 Å². The average Bonchev–Trinajstić information content (AvgIpc) is 2.65. The molecular formula is C20H23N3O3. The number of rotatable bonds is 8. The fraction of sp³-hybridized carbons (Fsp3) is 0.250. The molecule has 0 aliphatic rings. The van der Waals surface area contributed by atoms with Crippen LogP contribution >= 0.6 is 0 Å². The fourth-order valence-corrected chi connectivity index (χ4v) is 2.35. The van der Waals surface area contributed by atoms with Crippen molar-refractivity contribution in [3.8, 4) is 0 Å². The first-order chi connectivity index (χ1) is 12.5. The summed E-state index contributed by atoms with van der Waals surface area (Å²) in [6.45, 7) is 2.17. The van der Waals surface area contributed by atoms with Crippen molar-refractivity contribution < 1.29 is 14.4 Å². The lowest BCUT2D eigenvalue weighted by Crippen LogP contribution is -2.33. The van der Waals surface area contributed by atoms with E-state index in [1.807, 2.05) is 30.3 Å². The van der Waals surface area contributed by atoms with Crippen molar-refractivity contribution in [1.82, 2.24) is 10.6 Å². The summed E-state index contributed by atoms with van der Waals surface area (Å²) in [6.07, 6.45) is 1.08. The van der Waals surface area contributed by atoms with E-state index in [1.165, 1.54) is 6.92 Å². The zero-order chi connectivity index (χ0) is 18.8. The molecule has 2 rings (SSSR count). The maximum atomic E-state index is 12.0. The molecule has 0 aliphatic carbocycles. The van der Waals surface area contributed by atoms with E-state index in [1.54, 1.807) is 24.3 Å². The van der Waals surface area contributed by atoms with Crippen LogP contribution in [0.15, 0.2) is 54.6 Å². The van der Waals surface area contributed by atoms with Gasteiger partial charge in [0.15, 0.2) is 0 Å². The van der Waals surface area contributed by atoms with Crippen LogP contribution in [0.3, 0.4) is 0 Å². The molecule has 0 unspecified atom stereocenters. The molecule has 0 aliphatic heterocycles. The van der Waals surface area contributed by atoms with Gasteiger partial charge in [0.05, 0.1) is 0 Å². The highest BCUT2D eigenvalue weighted by Gasteiger charge is 2.07. The van der Waals surface area contributed by atoms with Crippen molar-refractivity contribution in [3.05, 3.63) is 65.7 Å². The third-order valence-electron chi connectivity index (χ3n) is 3.70. The minimum Gasteiger partial charge on any atom is -0.355 e. The van der Waals surface area contributed by atoms with Gasteiger partial charge in [0.2, 0.25) is 11.8 Å².